The maximum Gasteiger partial charge on any atom is 0.419 e. The molecule has 3 nitrogen and oxygen atoms in total. The molecule has 0 bridgehead atoms. The first-order chi connectivity index (χ1) is 8.41. The van der Waals surface area contributed by atoms with Gasteiger partial charge in [-0.3, -0.25) is 0 Å². The molecule has 100 valence electrons. The molecule has 0 saturated carbocycles. The van der Waals surface area contributed by atoms with E-state index in [-0.39, 0.29) is 15.8 Å². The smallest absolute Gasteiger partial charge is 0.398 e. The molecule has 18 heavy (non-hydrogen) atoms. The number of ether oxygens (including phenoxy) is 1. The number of benzene rings is 1. The highest BCUT2D eigenvalue weighted by atomic mass is 79.9. The third-order valence-corrected chi connectivity index (χ3v) is 3.64. The van der Waals surface area contributed by atoms with Gasteiger partial charge in [0.05, 0.1) is 28.9 Å². The summed E-state index contributed by atoms with van der Waals surface area (Å²) in [5.74, 6) is 0. The maximum absolute atomic E-state index is 13.1. The molecule has 2 N–H and O–H groups in total. The van der Waals surface area contributed by atoms with Gasteiger partial charge in [0.15, 0.2) is 0 Å². The van der Waals surface area contributed by atoms with Crippen LogP contribution in [0.4, 0.5) is 24.5 Å². The number of rotatable bonds is 1. The highest BCUT2D eigenvalue weighted by Crippen LogP contribution is 2.43. The lowest BCUT2D eigenvalue weighted by atomic mass is 10.1. The van der Waals surface area contributed by atoms with Crippen molar-refractivity contribution in [3.63, 3.8) is 0 Å². The molecule has 1 aromatic carbocycles. The zero-order valence-electron chi connectivity index (χ0n) is 9.43. The summed E-state index contributed by atoms with van der Waals surface area (Å²) >= 11 is 2.93. The number of alkyl halides is 3. The Morgan fingerprint density at radius 2 is 1.83 bits per heavy atom. The number of halogens is 4. The SMILES string of the molecule is Nc1ccc(N2CCOCC2)c(C(F)(F)F)c1Br. The van der Waals surface area contributed by atoms with Gasteiger partial charge in [-0.25, -0.2) is 0 Å². The number of anilines is 2. The third kappa shape index (κ3) is 2.56. The lowest BCUT2D eigenvalue weighted by Gasteiger charge is -2.31. The molecule has 1 saturated heterocycles. The van der Waals surface area contributed by atoms with E-state index < -0.39 is 11.7 Å². The van der Waals surface area contributed by atoms with Crippen molar-refractivity contribution in [3.8, 4) is 0 Å². The third-order valence-electron chi connectivity index (χ3n) is 2.79. The van der Waals surface area contributed by atoms with Gasteiger partial charge in [-0.2, -0.15) is 13.2 Å². The van der Waals surface area contributed by atoms with Crippen molar-refractivity contribution in [1.29, 1.82) is 0 Å². The van der Waals surface area contributed by atoms with E-state index in [0.29, 0.717) is 26.3 Å². The van der Waals surface area contributed by atoms with E-state index in [0.717, 1.165) is 0 Å². The molecule has 1 aromatic rings. The number of nitrogens with zero attached hydrogens (tertiary/aromatic N) is 1. The predicted octanol–water partition coefficient (Wildman–Crippen LogP) is 2.89. The first-order valence-electron chi connectivity index (χ1n) is 5.39. The fourth-order valence-corrected chi connectivity index (χ4v) is 2.48. The van der Waals surface area contributed by atoms with E-state index in [1.165, 1.54) is 12.1 Å². The van der Waals surface area contributed by atoms with Gasteiger partial charge >= 0.3 is 6.18 Å². The summed E-state index contributed by atoms with van der Waals surface area (Å²) in [6, 6.07) is 2.89. The second-order valence-corrected chi connectivity index (χ2v) is 4.75. The highest BCUT2D eigenvalue weighted by Gasteiger charge is 2.38. The highest BCUT2D eigenvalue weighted by molar-refractivity contribution is 9.10. The molecule has 0 radical (unpaired) electrons. The van der Waals surface area contributed by atoms with Crippen molar-refractivity contribution < 1.29 is 17.9 Å². The van der Waals surface area contributed by atoms with Gasteiger partial charge in [-0.05, 0) is 28.1 Å². The Balaban J connectivity index is 2.49. The quantitative estimate of drug-likeness (QED) is 0.807. The van der Waals surface area contributed by atoms with Gasteiger partial charge in [0, 0.05) is 18.8 Å². The van der Waals surface area contributed by atoms with E-state index >= 15 is 0 Å². The Labute approximate surface area is 111 Å². The Morgan fingerprint density at radius 1 is 1.22 bits per heavy atom. The molecular formula is C11H12BrF3N2O. The van der Waals surface area contributed by atoms with Crippen LogP contribution in [0.5, 0.6) is 0 Å². The Hall–Kier alpha value is -0.950. The molecule has 7 heteroatoms. The average Bonchev–Trinajstić information content (AvgIpc) is 2.32. The minimum atomic E-state index is -4.44. The number of hydrogen-bond acceptors (Lipinski definition) is 3. The molecule has 0 atom stereocenters. The summed E-state index contributed by atoms with van der Waals surface area (Å²) in [5.41, 5.74) is 5.04. The van der Waals surface area contributed by atoms with Gasteiger partial charge in [-0.1, -0.05) is 0 Å². The van der Waals surface area contributed by atoms with Crippen LogP contribution in [0.3, 0.4) is 0 Å². The van der Waals surface area contributed by atoms with Gasteiger partial charge in [0.25, 0.3) is 0 Å². The number of morpholine rings is 1. The van der Waals surface area contributed by atoms with Crippen molar-refractivity contribution in [2.24, 2.45) is 0 Å². The monoisotopic (exact) mass is 324 g/mol. The topological polar surface area (TPSA) is 38.5 Å². The van der Waals surface area contributed by atoms with Crippen LogP contribution >= 0.6 is 15.9 Å². The van der Waals surface area contributed by atoms with E-state index in [2.05, 4.69) is 15.9 Å². The average molecular weight is 325 g/mol. The van der Waals surface area contributed by atoms with Crippen LogP contribution in [-0.4, -0.2) is 26.3 Å². The maximum atomic E-state index is 13.1. The summed E-state index contributed by atoms with van der Waals surface area (Å²) in [4.78, 5) is 1.66. The minimum absolute atomic E-state index is 0.0827. The zero-order valence-corrected chi connectivity index (χ0v) is 11.0. The Bertz CT molecular complexity index is 445. The van der Waals surface area contributed by atoms with Crippen molar-refractivity contribution in [2.45, 2.75) is 6.18 Å². The van der Waals surface area contributed by atoms with Crippen LogP contribution in [0.25, 0.3) is 0 Å². The van der Waals surface area contributed by atoms with Gasteiger partial charge in [0.2, 0.25) is 0 Å². The molecule has 1 fully saturated rings. The van der Waals surface area contributed by atoms with E-state index in [1.54, 1.807) is 4.90 Å². The zero-order chi connectivity index (χ0) is 13.3. The molecule has 1 aliphatic heterocycles. The molecule has 2 rings (SSSR count). The van der Waals surface area contributed by atoms with E-state index in [1.807, 2.05) is 0 Å². The Morgan fingerprint density at radius 3 is 2.39 bits per heavy atom. The molecule has 1 aliphatic rings. The summed E-state index contributed by atoms with van der Waals surface area (Å²) in [7, 11) is 0. The number of nitrogen functional groups attached to an aromatic ring is 1. The van der Waals surface area contributed by atoms with Crippen LogP contribution in [0.2, 0.25) is 0 Å². The second-order valence-electron chi connectivity index (χ2n) is 3.96. The van der Waals surface area contributed by atoms with Crippen LogP contribution in [0, 0.1) is 0 Å². The van der Waals surface area contributed by atoms with Crippen LogP contribution < -0.4 is 10.6 Å². The van der Waals surface area contributed by atoms with E-state index in [9.17, 15) is 13.2 Å². The molecule has 0 aliphatic carbocycles. The lowest BCUT2D eigenvalue weighted by Crippen LogP contribution is -2.37. The summed E-state index contributed by atoms with van der Waals surface area (Å²) in [6.07, 6.45) is -4.44. The van der Waals surface area contributed by atoms with Crippen molar-refractivity contribution in [1.82, 2.24) is 0 Å². The minimum Gasteiger partial charge on any atom is -0.398 e. The van der Waals surface area contributed by atoms with Crippen LogP contribution in [-0.2, 0) is 10.9 Å². The first kappa shape index (κ1) is 13.5. The van der Waals surface area contributed by atoms with Crippen molar-refractivity contribution in [3.05, 3.63) is 22.2 Å². The molecule has 1 heterocycles. The molecule has 0 unspecified atom stereocenters. The Kier molecular flexibility index (Phi) is 3.72. The van der Waals surface area contributed by atoms with Crippen LogP contribution in [0.1, 0.15) is 5.56 Å². The fraction of sp³-hybridized carbons (Fsp3) is 0.455. The molecule has 0 aromatic heterocycles. The largest absolute Gasteiger partial charge is 0.419 e. The summed E-state index contributed by atoms with van der Waals surface area (Å²) in [5, 5.41) is 0. The second kappa shape index (κ2) is 4.97. The standard InChI is InChI=1S/C11H12BrF3N2O/c12-10-7(16)1-2-8(9(10)11(13,14)15)17-3-5-18-6-4-17/h1-2H,3-6,16H2. The fourth-order valence-electron chi connectivity index (χ4n) is 1.92. The normalized spacial score (nSPS) is 17.0. The van der Waals surface area contributed by atoms with E-state index in [4.69, 9.17) is 10.5 Å². The van der Waals surface area contributed by atoms with Crippen molar-refractivity contribution >= 4 is 27.3 Å². The molecule has 0 amide bonds. The summed E-state index contributed by atoms with van der Waals surface area (Å²) < 4.78 is 44.3. The van der Waals surface area contributed by atoms with Gasteiger partial charge < -0.3 is 15.4 Å². The predicted molar refractivity (Wildman–Crippen MR) is 66.6 cm³/mol. The number of hydrogen-bond donors (Lipinski definition) is 1. The number of nitrogens with two attached hydrogens (primary N) is 1. The van der Waals surface area contributed by atoms with Gasteiger partial charge in [0.1, 0.15) is 0 Å². The van der Waals surface area contributed by atoms with Gasteiger partial charge in [-0.15, -0.1) is 0 Å². The van der Waals surface area contributed by atoms with Crippen molar-refractivity contribution in [2.75, 3.05) is 36.9 Å². The molecule has 0 spiro atoms. The lowest BCUT2D eigenvalue weighted by molar-refractivity contribution is -0.137. The van der Waals surface area contributed by atoms with Crippen LogP contribution in [0.15, 0.2) is 16.6 Å². The molecular weight excluding hydrogens is 313 g/mol. The first-order valence-corrected chi connectivity index (χ1v) is 6.18. The summed E-state index contributed by atoms with van der Waals surface area (Å²) in [6.45, 7) is 1.75.